The van der Waals surface area contributed by atoms with Crippen molar-refractivity contribution in [1.82, 2.24) is 10.6 Å². The minimum Gasteiger partial charge on any atom is -0.493 e. The van der Waals surface area contributed by atoms with Gasteiger partial charge in [-0.05, 0) is 42.3 Å². The van der Waals surface area contributed by atoms with Gasteiger partial charge in [-0.25, -0.2) is 0 Å². The summed E-state index contributed by atoms with van der Waals surface area (Å²) in [5.74, 6) is 0.955. The zero-order chi connectivity index (χ0) is 19.5. The fourth-order valence-corrected chi connectivity index (χ4v) is 2.21. The van der Waals surface area contributed by atoms with Gasteiger partial charge in [0.1, 0.15) is 0 Å². The number of ether oxygens (including phenoxy) is 2. The van der Waals surface area contributed by atoms with E-state index in [0.29, 0.717) is 31.2 Å². The molecule has 0 aliphatic carbocycles. The van der Waals surface area contributed by atoms with E-state index in [0.717, 1.165) is 12.0 Å². The summed E-state index contributed by atoms with van der Waals surface area (Å²) in [6.07, 6.45) is 5.45. The summed E-state index contributed by atoms with van der Waals surface area (Å²) in [5.41, 5.74) is 0.817. The Kier molecular flexibility index (Phi) is 7.96. The minimum absolute atomic E-state index is 0.238. The smallest absolute Gasteiger partial charge is 0.287 e. The van der Waals surface area contributed by atoms with Gasteiger partial charge in [-0.3, -0.25) is 9.59 Å². The first-order valence-corrected chi connectivity index (χ1v) is 8.72. The first-order chi connectivity index (χ1) is 13.1. The molecule has 0 bridgehead atoms. The van der Waals surface area contributed by atoms with Gasteiger partial charge in [0.05, 0.1) is 20.0 Å². The number of carbonyl (C=O) groups is 2. The number of amides is 2. The maximum Gasteiger partial charge on any atom is 0.287 e. The molecule has 0 spiro atoms. The van der Waals surface area contributed by atoms with Gasteiger partial charge in [0.2, 0.25) is 5.91 Å². The monoisotopic (exact) mass is 372 g/mol. The van der Waals surface area contributed by atoms with Crippen molar-refractivity contribution in [2.45, 2.75) is 13.3 Å². The predicted octanol–water partition coefficient (Wildman–Crippen LogP) is 2.64. The molecule has 2 amide bonds. The lowest BCUT2D eigenvalue weighted by Crippen LogP contribution is -2.33. The Morgan fingerprint density at radius 1 is 1.15 bits per heavy atom. The first-order valence-electron chi connectivity index (χ1n) is 8.72. The zero-order valence-electron chi connectivity index (χ0n) is 15.5. The molecule has 0 saturated carbocycles. The standard InChI is InChI=1S/C20H24N2O5/c1-3-12-26-16-8-6-15(14-18(16)25-2)7-9-19(23)21-10-11-22-20(24)17-5-4-13-27-17/h4-9,13-14H,3,10-12H2,1-2H3,(H,21,23)(H,22,24)/b9-7+. The van der Waals surface area contributed by atoms with E-state index in [1.54, 1.807) is 31.4 Å². The molecule has 2 N–H and O–H groups in total. The Balaban J connectivity index is 1.77. The molecule has 0 unspecified atom stereocenters. The molecule has 0 radical (unpaired) electrons. The van der Waals surface area contributed by atoms with Crippen molar-refractivity contribution in [3.63, 3.8) is 0 Å². The van der Waals surface area contributed by atoms with Crippen molar-refractivity contribution in [3.05, 3.63) is 54.0 Å². The first kappa shape index (κ1) is 20.1. The number of benzene rings is 1. The molecule has 1 aromatic carbocycles. The number of furan rings is 1. The second-order valence-corrected chi connectivity index (χ2v) is 5.62. The molecule has 0 aliphatic rings. The van der Waals surface area contributed by atoms with Crippen molar-refractivity contribution in [1.29, 1.82) is 0 Å². The van der Waals surface area contributed by atoms with Gasteiger partial charge in [-0.2, -0.15) is 0 Å². The fraction of sp³-hybridized carbons (Fsp3) is 0.300. The number of hydrogen-bond donors (Lipinski definition) is 2. The summed E-state index contributed by atoms with van der Waals surface area (Å²) >= 11 is 0. The zero-order valence-corrected chi connectivity index (χ0v) is 15.5. The Labute approximate surface area is 158 Å². The van der Waals surface area contributed by atoms with Crippen LogP contribution in [0.2, 0.25) is 0 Å². The molecular weight excluding hydrogens is 348 g/mol. The second kappa shape index (κ2) is 10.7. The predicted molar refractivity (Wildman–Crippen MR) is 102 cm³/mol. The summed E-state index contributed by atoms with van der Waals surface area (Å²) in [4.78, 5) is 23.5. The van der Waals surface area contributed by atoms with Gasteiger partial charge >= 0.3 is 0 Å². The normalized spacial score (nSPS) is 10.6. The molecule has 2 rings (SSSR count). The summed E-state index contributed by atoms with van der Waals surface area (Å²) in [6, 6.07) is 8.68. The van der Waals surface area contributed by atoms with Crippen molar-refractivity contribution < 1.29 is 23.5 Å². The third-order valence-electron chi connectivity index (χ3n) is 3.53. The van der Waals surface area contributed by atoms with Crippen LogP contribution < -0.4 is 20.1 Å². The van der Waals surface area contributed by atoms with Gasteiger partial charge < -0.3 is 24.5 Å². The molecule has 1 aromatic heterocycles. The molecular formula is C20H24N2O5. The topological polar surface area (TPSA) is 89.8 Å². The van der Waals surface area contributed by atoms with Crippen LogP contribution in [0, 0.1) is 0 Å². The van der Waals surface area contributed by atoms with E-state index in [2.05, 4.69) is 10.6 Å². The molecule has 0 aliphatic heterocycles. The van der Waals surface area contributed by atoms with Crippen molar-refractivity contribution in [3.8, 4) is 11.5 Å². The molecule has 0 saturated heterocycles. The Bertz CT molecular complexity index is 769. The Morgan fingerprint density at radius 2 is 1.96 bits per heavy atom. The molecule has 7 heteroatoms. The third kappa shape index (κ3) is 6.54. The quantitative estimate of drug-likeness (QED) is 0.494. The van der Waals surface area contributed by atoms with E-state index >= 15 is 0 Å². The average molecular weight is 372 g/mol. The van der Waals surface area contributed by atoms with Crippen LogP contribution in [0.25, 0.3) is 6.08 Å². The van der Waals surface area contributed by atoms with Crippen molar-refractivity contribution >= 4 is 17.9 Å². The van der Waals surface area contributed by atoms with E-state index in [1.807, 2.05) is 19.1 Å². The number of rotatable bonds is 10. The lowest BCUT2D eigenvalue weighted by Gasteiger charge is -2.10. The number of methoxy groups -OCH3 is 1. The maximum absolute atomic E-state index is 11.9. The van der Waals surface area contributed by atoms with Crippen LogP contribution >= 0.6 is 0 Å². The van der Waals surface area contributed by atoms with Gasteiger partial charge in [-0.1, -0.05) is 13.0 Å². The maximum atomic E-state index is 11.9. The number of carbonyl (C=O) groups excluding carboxylic acids is 2. The van der Waals surface area contributed by atoms with E-state index in [1.165, 1.54) is 12.3 Å². The largest absolute Gasteiger partial charge is 0.493 e. The molecule has 2 aromatic rings. The van der Waals surface area contributed by atoms with Crippen molar-refractivity contribution in [2.24, 2.45) is 0 Å². The van der Waals surface area contributed by atoms with Crippen LogP contribution in [0.1, 0.15) is 29.5 Å². The third-order valence-corrected chi connectivity index (χ3v) is 3.53. The summed E-state index contributed by atoms with van der Waals surface area (Å²) < 4.78 is 15.9. The molecule has 7 nitrogen and oxygen atoms in total. The Hall–Kier alpha value is -3.22. The average Bonchev–Trinajstić information content (AvgIpc) is 3.23. The lowest BCUT2D eigenvalue weighted by atomic mass is 10.2. The van der Waals surface area contributed by atoms with Crippen molar-refractivity contribution in [2.75, 3.05) is 26.8 Å². The van der Waals surface area contributed by atoms with Gasteiger partial charge in [0.25, 0.3) is 5.91 Å². The fourth-order valence-electron chi connectivity index (χ4n) is 2.21. The van der Waals surface area contributed by atoms with Crippen LogP contribution in [-0.4, -0.2) is 38.6 Å². The highest BCUT2D eigenvalue weighted by molar-refractivity contribution is 5.92. The Morgan fingerprint density at radius 3 is 2.67 bits per heavy atom. The lowest BCUT2D eigenvalue weighted by molar-refractivity contribution is -0.116. The van der Waals surface area contributed by atoms with Gasteiger partial charge in [0.15, 0.2) is 17.3 Å². The molecule has 27 heavy (non-hydrogen) atoms. The van der Waals surface area contributed by atoms with Crippen LogP contribution in [0.4, 0.5) is 0 Å². The van der Waals surface area contributed by atoms with E-state index < -0.39 is 0 Å². The minimum atomic E-state index is -0.317. The summed E-state index contributed by atoms with van der Waals surface area (Å²) in [6.45, 7) is 3.26. The molecule has 1 heterocycles. The van der Waals surface area contributed by atoms with Crippen LogP contribution in [0.15, 0.2) is 47.1 Å². The van der Waals surface area contributed by atoms with Crippen LogP contribution in [0.5, 0.6) is 11.5 Å². The van der Waals surface area contributed by atoms with E-state index in [9.17, 15) is 9.59 Å². The highest BCUT2D eigenvalue weighted by atomic mass is 16.5. The van der Waals surface area contributed by atoms with E-state index in [-0.39, 0.29) is 17.6 Å². The second-order valence-electron chi connectivity index (χ2n) is 5.62. The van der Waals surface area contributed by atoms with E-state index in [4.69, 9.17) is 13.9 Å². The summed E-state index contributed by atoms with van der Waals surface area (Å²) in [7, 11) is 1.57. The number of nitrogens with one attached hydrogen (secondary N) is 2. The highest BCUT2D eigenvalue weighted by Crippen LogP contribution is 2.28. The molecule has 0 atom stereocenters. The number of hydrogen-bond acceptors (Lipinski definition) is 5. The summed E-state index contributed by atoms with van der Waals surface area (Å²) in [5, 5.41) is 5.34. The molecule has 144 valence electrons. The molecule has 0 fully saturated rings. The SMILES string of the molecule is CCCOc1ccc(/C=C/C(=O)NCCNC(=O)c2ccco2)cc1OC. The van der Waals surface area contributed by atoms with Gasteiger partial charge in [-0.15, -0.1) is 0 Å². The van der Waals surface area contributed by atoms with Gasteiger partial charge in [0, 0.05) is 19.2 Å². The van der Waals surface area contributed by atoms with Crippen LogP contribution in [-0.2, 0) is 4.79 Å². The van der Waals surface area contributed by atoms with Crippen LogP contribution in [0.3, 0.4) is 0 Å². The highest BCUT2D eigenvalue weighted by Gasteiger charge is 2.07.